The lowest BCUT2D eigenvalue weighted by molar-refractivity contribution is 1.29. The first kappa shape index (κ1) is 14.3. The molecule has 0 N–H and O–H groups in total. The van der Waals surface area contributed by atoms with E-state index in [0.717, 1.165) is 26.9 Å². The molecule has 0 aromatic heterocycles. The Kier molecular flexibility index (Phi) is 4.43. The largest absolute Gasteiger partial charge is 0.236 e. The molecule has 0 aliphatic rings. The number of aliphatic imine (C=N–C) groups is 1. The minimum absolute atomic E-state index is 0.511. The van der Waals surface area contributed by atoms with E-state index < -0.39 is 0 Å². The molecule has 0 aliphatic carbocycles. The second-order valence-corrected chi connectivity index (χ2v) is 5.93. The van der Waals surface area contributed by atoms with E-state index in [1.54, 1.807) is 0 Å². The number of aryl methyl sites for hydroxylation is 3. The Hall–Kier alpha value is -1.12. The van der Waals surface area contributed by atoms with Gasteiger partial charge in [-0.3, -0.25) is 0 Å². The van der Waals surface area contributed by atoms with Crippen LogP contribution in [-0.4, -0.2) is 5.17 Å². The average Bonchev–Trinajstić information content (AvgIpc) is 2.33. The maximum Gasteiger partial charge on any atom is 0.137 e. The van der Waals surface area contributed by atoms with Crippen molar-refractivity contribution in [2.75, 3.05) is 0 Å². The van der Waals surface area contributed by atoms with Gasteiger partial charge in [0.1, 0.15) is 5.17 Å². The van der Waals surface area contributed by atoms with Crippen molar-refractivity contribution >= 4 is 38.4 Å². The number of hydrogen-bond acceptors (Lipinski definition) is 1. The van der Waals surface area contributed by atoms with Gasteiger partial charge in [0.05, 0.1) is 5.69 Å². The van der Waals surface area contributed by atoms with Gasteiger partial charge in [0.15, 0.2) is 0 Å². The van der Waals surface area contributed by atoms with Gasteiger partial charge in [-0.25, -0.2) is 4.99 Å². The van der Waals surface area contributed by atoms with E-state index in [0.29, 0.717) is 5.17 Å². The van der Waals surface area contributed by atoms with Crippen molar-refractivity contribution in [2.24, 2.45) is 4.99 Å². The molecule has 0 amide bonds. The Morgan fingerprint density at radius 1 is 1.05 bits per heavy atom. The quantitative estimate of drug-likeness (QED) is 0.625. The Morgan fingerprint density at radius 3 is 2.26 bits per heavy atom. The third kappa shape index (κ3) is 3.46. The van der Waals surface area contributed by atoms with Crippen LogP contribution in [0.5, 0.6) is 0 Å². The predicted octanol–water partition coefficient (Wildman–Crippen LogP) is 5.69. The van der Waals surface area contributed by atoms with Crippen molar-refractivity contribution in [3.63, 3.8) is 0 Å². The van der Waals surface area contributed by atoms with Crippen LogP contribution in [0.4, 0.5) is 5.69 Å². The van der Waals surface area contributed by atoms with Crippen LogP contribution in [-0.2, 0) is 0 Å². The van der Waals surface area contributed by atoms with Crippen molar-refractivity contribution in [3.8, 4) is 0 Å². The fourth-order valence-electron chi connectivity index (χ4n) is 2.13. The molecule has 0 aliphatic heterocycles. The molecule has 3 heteroatoms. The molecular formula is C16H15BrClN. The van der Waals surface area contributed by atoms with Crippen molar-refractivity contribution in [1.82, 2.24) is 0 Å². The van der Waals surface area contributed by atoms with Gasteiger partial charge in [-0.15, -0.1) is 0 Å². The highest BCUT2D eigenvalue weighted by atomic mass is 79.9. The predicted molar refractivity (Wildman–Crippen MR) is 86.8 cm³/mol. The number of nitrogens with zero attached hydrogens (tertiary/aromatic N) is 1. The maximum absolute atomic E-state index is 6.33. The van der Waals surface area contributed by atoms with E-state index in [-0.39, 0.29) is 0 Å². The maximum atomic E-state index is 6.33. The molecule has 0 heterocycles. The molecule has 2 rings (SSSR count). The fraction of sp³-hybridized carbons (Fsp3) is 0.188. The van der Waals surface area contributed by atoms with Gasteiger partial charge in [-0.1, -0.05) is 57.4 Å². The van der Waals surface area contributed by atoms with Gasteiger partial charge in [-0.05, 0) is 44.0 Å². The molecule has 0 unspecified atom stereocenters. The van der Waals surface area contributed by atoms with Gasteiger partial charge in [0.2, 0.25) is 0 Å². The third-order valence-corrected chi connectivity index (χ3v) is 3.70. The Labute approximate surface area is 127 Å². The molecule has 19 heavy (non-hydrogen) atoms. The minimum Gasteiger partial charge on any atom is -0.236 e. The summed E-state index contributed by atoms with van der Waals surface area (Å²) in [6.07, 6.45) is 0. The van der Waals surface area contributed by atoms with E-state index in [4.69, 9.17) is 11.6 Å². The highest BCUT2D eigenvalue weighted by molar-refractivity contribution is 9.10. The normalized spacial score (nSPS) is 11.7. The Bertz CT molecular complexity index is 624. The Morgan fingerprint density at radius 2 is 1.68 bits per heavy atom. The van der Waals surface area contributed by atoms with Gasteiger partial charge in [0.25, 0.3) is 0 Å². The molecular weight excluding hydrogens is 322 g/mol. The first-order valence-electron chi connectivity index (χ1n) is 6.05. The zero-order valence-corrected chi connectivity index (χ0v) is 13.5. The van der Waals surface area contributed by atoms with E-state index in [2.05, 4.69) is 53.8 Å². The molecule has 0 saturated heterocycles. The monoisotopic (exact) mass is 335 g/mol. The summed E-state index contributed by atoms with van der Waals surface area (Å²) in [6.45, 7) is 6.21. The molecule has 0 spiro atoms. The van der Waals surface area contributed by atoms with Crippen molar-refractivity contribution in [3.05, 3.63) is 63.1 Å². The Balaban J connectivity index is 2.47. The van der Waals surface area contributed by atoms with Crippen LogP contribution in [0.3, 0.4) is 0 Å². The molecule has 0 saturated carbocycles. The summed E-state index contributed by atoms with van der Waals surface area (Å²) in [6, 6.07) is 12.1. The summed E-state index contributed by atoms with van der Waals surface area (Å²) in [5.74, 6) is 0. The molecule has 0 atom stereocenters. The standard InChI is InChI=1S/C16H15BrClN/c1-10-7-11(2)15(12(3)8-10)19-16(18)13-5-4-6-14(17)9-13/h4-9H,1-3H3. The summed E-state index contributed by atoms with van der Waals surface area (Å²) >= 11 is 9.77. The molecule has 98 valence electrons. The van der Waals surface area contributed by atoms with Crippen LogP contribution < -0.4 is 0 Å². The highest BCUT2D eigenvalue weighted by Crippen LogP contribution is 2.27. The smallest absolute Gasteiger partial charge is 0.137 e. The molecule has 1 nitrogen and oxygen atoms in total. The zero-order chi connectivity index (χ0) is 14.0. The van der Waals surface area contributed by atoms with Gasteiger partial charge in [0, 0.05) is 10.0 Å². The SMILES string of the molecule is Cc1cc(C)c(N=C(Cl)c2cccc(Br)c2)c(C)c1. The summed E-state index contributed by atoms with van der Waals surface area (Å²) in [5, 5.41) is 0.511. The number of rotatable bonds is 2. The van der Waals surface area contributed by atoms with Crippen LogP contribution in [0.25, 0.3) is 0 Å². The molecule has 2 aromatic carbocycles. The van der Waals surface area contributed by atoms with E-state index in [1.165, 1.54) is 5.56 Å². The number of hydrogen-bond donors (Lipinski definition) is 0. The van der Waals surface area contributed by atoms with Crippen molar-refractivity contribution in [1.29, 1.82) is 0 Å². The molecule has 0 radical (unpaired) electrons. The van der Waals surface area contributed by atoms with Gasteiger partial charge in [-0.2, -0.15) is 0 Å². The van der Waals surface area contributed by atoms with Crippen LogP contribution >= 0.6 is 27.5 Å². The number of benzene rings is 2. The first-order chi connectivity index (χ1) is 8.97. The third-order valence-electron chi connectivity index (χ3n) is 2.91. The molecule has 0 fully saturated rings. The topological polar surface area (TPSA) is 12.4 Å². The van der Waals surface area contributed by atoms with Crippen LogP contribution in [0.1, 0.15) is 22.3 Å². The summed E-state index contributed by atoms with van der Waals surface area (Å²) in [4.78, 5) is 4.57. The second-order valence-electron chi connectivity index (χ2n) is 4.66. The van der Waals surface area contributed by atoms with E-state index >= 15 is 0 Å². The van der Waals surface area contributed by atoms with E-state index in [9.17, 15) is 0 Å². The van der Waals surface area contributed by atoms with E-state index in [1.807, 2.05) is 24.3 Å². The van der Waals surface area contributed by atoms with Crippen LogP contribution in [0, 0.1) is 20.8 Å². The molecule has 0 bridgehead atoms. The highest BCUT2D eigenvalue weighted by Gasteiger charge is 2.06. The van der Waals surface area contributed by atoms with Crippen LogP contribution in [0.15, 0.2) is 45.9 Å². The minimum atomic E-state index is 0.511. The summed E-state index contributed by atoms with van der Waals surface area (Å²) in [5.41, 5.74) is 5.40. The lowest BCUT2D eigenvalue weighted by Crippen LogP contribution is -1.92. The summed E-state index contributed by atoms with van der Waals surface area (Å²) in [7, 11) is 0. The summed E-state index contributed by atoms with van der Waals surface area (Å²) < 4.78 is 0.996. The average molecular weight is 337 g/mol. The van der Waals surface area contributed by atoms with Crippen molar-refractivity contribution < 1.29 is 0 Å². The zero-order valence-electron chi connectivity index (χ0n) is 11.2. The van der Waals surface area contributed by atoms with Crippen molar-refractivity contribution in [2.45, 2.75) is 20.8 Å². The first-order valence-corrected chi connectivity index (χ1v) is 7.22. The van der Waals surface area contributed by atoms with Gasteiger partial charge >= 0.3 is 0 Å². The number of halogens is 2. The lowest BCUT2D eigenvalue weighted by Gasteiger charge is -2.08. The lowest BCUT2D eigenvalue weighted by atomic mass is 10.1. The van der Waals surface area contributed by atoms with Crippen LogP contribution in [0.2, 0.25) is 0 Å². The fourth-order valence-corrected chi connectivity index (χ4v) is 2.73. The van der Waals surface area contributed by atoms with Gasteiger partial charge < -0.3 is 0 Å². The second kappa shape index (κ2) is 5.89. The molecule has 2 aromatic rings.